The molecule has 0 bridgehead atoms. The molecule has 9 aromatic rings. The fraction of sp³-hybridized carbons (Fsp3) is 0.0732. The Kier molecular flexibility index (Phi) is 7.00. The van der Waals surface area contributed by atoms with E-state index < -0.39 is 14.2 Å². The summed E-state index contributed by atoms with van der Waals surface area (Å²) < 4.78 is 20.8. The molecule has 1 aliphatic rings. The molecule has 4 aromatic heterocycles. The van der Waals surface area contributed by atoms with Gasteiger partial charge in [0.1, 0.15) is 19.9 Å². The van der Waals surface area contributed by atoms with Gasteiger partial charge >= 0.3 is 21.1 Å². The van der Waals surface area contributed by atoms with Crippen LogP contribution in [-0.4, -0.2) is 27.0 Å². The molecule has 4 nitrogen and oxygen atoms in total. The van der Waals surface area contributed by atoms with Gasteiger partial charge in [-0.1, -0.05) is 83.3 Å². The Morgan fingerprint density at radius 2 is 1.47 bits per heavy atom. The quantitative estimate of drug-likeness (QED) is 0.101. The molecule has 0 amide bonds. The van der Waals surface area contributed by atoms with Gasteiger partial charge in [0, 0.05) is 44.7 Å². The molecule has 49 heavy (non-hydrogen) atoms. The third kappa shape index (κ3) is 4.45. The van der Waals surface area contributed by atoms with Crippen LogP contribution in [0.15, 0.2) is 132 Å². The minimum atomic E-state index is -1.98. The predicted molar refractivity (Wildman–Crippen MR) is 197 cm³/mol. The molecule has 5 heterocycles. The summed E-state index contributed by atoms with van der Waals surface area (Å²) >= 11 is 1.86. The number of rotatable bonds is 3. The zero-order valence-corrected chi connectivity index (χ0v) is 30.6. The van der Waals surface area contributed by atoms with Crippen molar-refractivity contribution in [1.29, 1.82) is 0 Å². The molecule has 8 heteroatoms. The van der Waals surface area contributed by atoms with Crippen molar-refractivity contribution in [3.63, 3.8) is 0 Å². The number of pyridine rings is 2. The SMILES string of the molecule is C[Si]1(C)c2ccccc2Sc2cc3c4cccnc4n(-c4[c-]c(C(F)c5[c-]c6c(cc5)c5ccccc5n5ccnc65)ccc4)c3cc21.[Pt+2]. The van der Waals surface area contributed by atoms with Crippen molar-refractivity contribution in [2.24, 2.45) is 0 Å². The van der Waals surface area contributed by atoms with Crippen LogP contribution in [0.4, 0.5) is 4.39 Å². The van der Waals surface area contributed by atoms with Crippen LogP contribution in [0.3, 0.4) is 0 Å². The monoisotopic (exact) mass is 849 g/mol. The second-order valence-corrected chi connectivity index (χ2v) is 18.4. The number of benzene rings is 5. The maximum Gasteiger partial charge on any atom is 2.00 e. The van der Waals surface area contributed by atoms with E-state index in [2.05, 4.69) is 89.4 Å². The Morgan fingerprint density at radius 1 is 0.673 bits per heavy atom. The molecule has 0 spiro atoms. The van der Waals surface area contributed by atoms with Gasteiger partial charge in [0.15, 0.2) is 0 Å². The Balaban J connectivity index is 0.00000325. The van der Waals surface area contributed by atoms with E-state index in [1.54, 1.807) is 6.20 Å². The molecular weight excluding hydrogens is 823 g/mol. The topological polar surface area (TPSA) is 35.1 Å². The summed E-state index contributed by atoms with van der Waals surface area (Å²) in [6, 6.07) is 42.3. The molecule has 238 valence electrons. The summed E-state index contributed by atoms with van der Waals surface area (Å²) in [6.07, 6.45) is 4.13. The largest absolute Gasteiger partial charge is 2.00 e. The van der Waals surface area contributed by atoms with Gasteiger partial charge in [-0.3, -0.25) is 4.98 Å². The van der Waals surface area contributed by atoms with Gasteiger partial charge in [-0.25, -0.2) is 9.37 Å². The molecule has 0 saturated carbocycles. The zero-order valence-electron chi connectivity index (χ0n) is 26.5. The molecule has 1 aliphatic heterocycles. The Hall–Kier alpha value is -4.55. The van der Waals surface area contributed by atoms with E-state index in [4.69, 9.17) is 4.98 Å². The molecule has 1 atom stereocenters. The minimum Gasteiger partial charge on any atom is -0.340 e. The Labute approximate surface area is 301 Å². The summed E-state index contributed by atoms with van der Waals surface area (Å²) in [5, 5.41) is 7.97. The number of halogens is 1. The molecule has 0 radical (unpaired) electrons. The first-order valence-corrected chi connectivity index (χ1v) is 19.9. The summed E-state index contributed by atoms with van der Waals surface area (Å²) in [5.74, 6) is 0. The average molecular weight is 850 g/mol. The van der Waals surface area contributed by atoms with Crippen molar-refractivity contribution in [2.45, 2.75) is 29.1 Å². The first kappa shape index (κ1) is 30.5. The van der Waals surface area contributed by atoms with Crippen molar-refractivity contribution in [1.82, 2.24) is 18.9 Å². The summed E-state index contributed by atoms with van der Waals surface area (Å²) in [7, 11) is -1.98. The van der Waals surface area contributed by atoms with Crippen molar-refractivity contribution in [2.75, 3.05) is 0 Å². The summed E-state index contributed by atoms with van der Waals surface area (Å²) in [6.45, 7) is 4.87. The van der Waals surface area contributed by atoms with E-state index >= 15 is 4.39 Å². The summed E-state index contributed by atoms with van der Waals surface area (Å²) in [4.78, 5) is 12.1. The fourth-order valence-electron chi connectivity index (χ4n) is 7.59. The molecule has 1 unspecified atom stereocenters. The zero-order chi connectivity index (χ0) is 32.1. The standard InChI is InChI=1S/C41H27FN4SSi.Pt/c1-48(2)37-15-6-5-14-35(37)47-36-23-31-30-12-8-18-43-41(30)46(34(31)24-38(36)48)27-10-7-9-25(21-27)39(42)26-16-17-28-29-11-3-4-13-33(29)45-20-19-44-40(45)32(28)22-26;/h3-20,23-24,39H,1-2H3;/q-2;+2. The van der Waals surface area contributed by atoms with E-state index in [1.165, 1.54) is 20.2 Å². The smallest absolute Gasteiger partial charge is 0.340 e. The number of para-hydroxylation sites is 1. The van der Waals surface area contributed by atoms with E-state index in [1.807, 2.05) is 77.1 Å². The van der Waals surface area contributed by atoms with Crippen LogP contribution in [0.5, 0.6) is 0 Å². The van der Waals surface area contributed by atoms with Gasteiger partial charge < -0.3 is 8.97 Å². The van der Waals surface area contributed by atoms with Crippen molar-refractivity contribution < 1.29 is 25.5 Å². The van der Waals surface area contributed by atoms with Crippen molar-refractivity contribution in [3.8, 4) is 5.69 Å². The van der Waals surface area contributed by atoms with Crippen LogP contribution in [0.25, 0.3) is 54.9 Å². The molecule has 0 aliphatic carbocycles. The minimum absolute atomic E-state index is 0. The summed E-state index contributed by atoms with van der Waals surface area (Å²) in [5.41, 5.74) is 5.40. The molecular formula is C41H27FN4PtSSi. The van der Waals surface area contributed by atoms with Crippen LogP contribution in [0.2, 0.25) is 13.1 Å². The van der Waals surface area contributed by atoms with Gasteiger partial charge in [0.2, 0.25) is 0 Å². The number of imidazole rings is 1. The van der Waals surface area contributed by atoms with Gasteiger partial charge in [-0.05, 0) is 52.2 Å². The van der Waals surface area contributed by atoms with Gasteiger partial charge in [-0.2, -0.15) is 18.2 Å². The van der Waals surface area contributed by atoms with Crippen LogP contribution in [0, 0.1) is 12.1 Å². The van der Waals surface area contributed by atoms with Gasteiger partial charge in [-0.15, -0.1) is 29.8 Å². The molecule has 10 rings (SSSR count). The van der Waals surface area contributed by atoms with Crippen LogP contribution in [-0.2, 0) is 21.1 Å². The fourth-order valence-corrected chi connectivity index (χ4v) is 13.0. The second-order valence-electron chi connectivity index (χ2n) is 13.0. The van der Waals surface area contributed by atoms with Crippen LogP contribution in [0.1, 0.15) is 17.3 Å². The third-order valence-corrected chi connectivity index (χ3v) is 15.0. The molecule has 0 fully saturated rings. The predicted octanol–water partition coefficient (Wildman–Crippen LogP) is 9.08. The number of aromatic nitrogens is 4. The first-order chi connectivity index (χ1) is 23.5. The van der Waals surface area contributed by atoms with E-state index in [9.17, 15) is 0 Å². The number of hydrogen-bond donors (Lipinski definition) is 0. The number of hydrogen-bond acceptors (Lipinski definition) is 3. The normalized spacial score (nSPS) is 14.3. The Morgan fingerprint density at radius 3 is 2.39 bits per heavy atom. The number of fused-ring (bicyclic) bond motifs is 11. The molecule has 0 N–H and O–H groups in total. The van der Waals surface area contributed by atoms with Crippen molar-refractivity contribution >= 4 is 79.5 Å². The number of alkyl halides is 1. The van der Waals surface area contributed by atoms with Gasteiger partial charge in [0.05, 0.1) is 11.2 Å². The third-order valence-electron chi connectivity index (χ3n) is 9.96. The maximum atomic E-state index is 16.6. The molecule has 0 saturated heterocycles. The Bertz CT molecular complexity index is 2790. The molecule has 5 aromatic carbocycles. The first-order valence-electron chi connectivity index (χ1n) is 16.0. The average Bonchev–Trinajstić information content (AvgIpc) is 3.75. The van der Waals surface area contributed by atoms with Crippen LogP contribution >= 0.6 is 11.8 Å². The second kappa shape index (κ2) is 11.2. The van der Waals surface area contributed by atoms with E-state index in [0.29, 0.717) is 11.1 Å². The maximum absolute atomic E-state index is 16.6. The van der Waals surface area contributed by atoms with E-state index in [0.717, 1.165) is 54.9 Å². The van der Waals surface area contributed by atoms with Crippen LogP contribution < -0.4 is 10.4 Å². The number of nitrogens with zero attached hydrogens (tertiary/aromatic N) is 4. The van der Waals surface area contributed by atoms with Crippen molar-refractivity contribution in [3.05, 3.63) is 145 Å². The van der Waals surface area contributed by atoms with E-state index in [-0.39, 0.29) is 21.1 Å². The van der Waals surface area contributed by atoms with Gasteiger partial charge in [0.25, 0.3) is 0 Å².